The predicted molar refractivity (Wildman–Crippen MR) is 87.9 cm³/mol. The number of nitrogens with one attached hydrogen (secondary N) is 1. The van der Waals surface area contributed by atoms with Gasteiger partial charge in [-0.2, -0.15) is 0 Å². The van der Waals surface area contributed by atoms with Crippen molar-refractivity contribution in [1.29, 1.82) is 0 Å². The highest BCUT2D eigenvalue weighted by Gasteiger charge is 2.34. The molecule has 2 heteroatoms. The average molecular weight is 287 g/mol. The summed E-state index contributed by atoms with van der Waals surface area (Å²) in [5, 5.41) is 3.91. The largest absolute Gasteiger partial charge is 0.497 e. The highest BCUT2D eigenvalue weighted by Crippen LogP contribution is 2.40. The van der Waals surface area contributed by atoms with Crippen molar-refractivity contribution < 1.29 is 4.74 Å². The van der Waals surface area contributed by atoms with E-state index in [0.29, 0.717) is 5.41 Å². The minimum Gasteiger partial charge on any atom is -0.497 e. The van der Waals surface area contributed by atoms with Gasteiger partial charge in [0.25, 0.3) is 0 Å². The molecular formula is C19H29NO. The minimum absolute atomic E-state index is 0.537. The summed E-state index contributed by atoms with van der Waals surface area (Å²) >= 11 is 0. The number of methoxy groups -OCH3 is 1. The zero-order valence-electron chi connectivity index (χ0n) is 13.7. The van der Waals surface area contributed by atoms with Crippen molar-refractivity contribution in [1.82, 2.24) is 5.32 Å². The first kappa shape index (κ1) is 14.9. The van der Waals surface area contributed by atoms with Crippen molar-refractivity contribution in [2.24, 2.45) is 5.41 Å². The lowest BCUT2D eigenvalue weighted by atomic mass is 9.72. The Balaban J connectivity index is 1.47. The summed E-state index contributed by atoms with van der Waals surface area (Å²) in [7, 11) is 1.73. The molecule has 0 bridgehead atoms. The van der Waals surface area contributed by atoms with Crippen LogP contribution < -0.4 is 10.1 Å². The van der Waals surface area contributed by atoms with Gasteiger partial charge in [-0.1, -0.05) is 32.4 Å². The number of rotatable bonds is 4. The monoisotopic (exact) mass is 287 g/mol. The maximum absolute atomic E-state index is 5.23. The predicted octanol–water partition coefficient (Wildman–Crippen LogP) is 4.50. The normalized spacial score (nSPS) is 31.5. The van der Waals surface area contributed by atoms with Gasteiger partial charge in [0.05, 0.1) is 7.11 Å². The van der Waals surface area contributed by atoms with Crippen LogP contribution in [0.3, 0.4) is 0 Å². The molecule has 1 aromatic rings. The van der Waals surface area contributed by atoms with Crippen LogP contribution in [0.4, 0.5) is 0 Å². The van der Waals surface area contributed by atoms with Crippen molar-refractivity contribution in [3.63, 3.8) is 0 Å². The topological polar surface area (TPSA) is 21.3 Å². The summed E-state index contributed by atoms with van der Waals surface area (Å²) in [4.78, 5) is 0. The Morgan fingerprint density at radius 3 is 2.43 bits per heavy atom. The van der Waals surface area contributed by atoms with Crippen LogP contribution in [-0.2, 0) is 0 Å². The molecule has 2 fully saturated rings. The van der Waals surface area contributed by atoms with Crippen LogP contribution in [0.25, 0.3) is 0 Å². The molecule has 1 atom stereocenters. The van der Waals surface area contributed by atoms with Crippen molar-refractivity contribution in [2.75, 3.05) is 7.11 Å². The molecule has 21 heavy (non-hydrogen) atoms. The second kappa shape index (κ2) is 6.00. The molecule has 0 radical (unpaired) electrons. The molecule has 116 valence electrons. The molecule has 1 N–H and O–H groups in total. The van der Waals surface area contributed by atoms with E-state index in [-0.39, 0.29) is 0 Å². The third kappa shape index (κ3) is 3.60. The molecule has 0 aromatic heterocycles. The van der Waals surface area contributed by atoms with E-state index in [1.54, 1.807) is 7.11 Å². The lowest BCUT2D eigenvalue weighted by Crippen LogP contribution is -2.48. The third-order valence-electron chi connectivity index (χ3n) is 5.40. The van der Waals surface area contributed by atoms with Gasteiger partial charge in [-0.25, -0.2) is 0 Å². The van der Waals surface area contributed by atoms with Crippen LogP contribution in [-0.4, -0.2) is 19.2 Å². The van der Waals surface area contributed by atoms with Crippen molar-refractivity contribution >= 4 is 0 Å². The van der Waals surface area contributed by atoms with Crippen molar-refractivity contribution in [3.8, 4) is 5.75 Å². The molecule has 2 aliphatic rings. The van der Waals surface area contributed by atoms with Crippen LogP contribution in [0, 0.1) is 5.41 Å². The van der Waals surface area contributed by atoms with Crippen molar-refractivity contribution in [2.45, 2.75) is 70.4 Å². The zero-order chi connectivity index (χ0) is 14.9. The van der Waals surface area contributed by atoms with Crippen LogP contribution >= 0.6 is 0 Å². The summed E-state index contributed by atoms with van der Waals surface area (Å²) in [6.45, 7) is 4.84. The number of hydrogen-bond acceptors (Lipinski definition) is 2. The van der Waals surface area contributed by atoms with E-state index >= 15 is 0 Å². The fourth-order valence-corrected chi connectivity index (χ4v) is 4.08. The summed E-state index contributed by atoms with van der Waals surface area (Å²) in [5.74, 6) is 1.70. The second-order valence-electron chi connectivity index (χ2n) is 7.76. The van der Waals surface area contributed by atoms with Crippen molar-refractivity contribution in [3.05, 3.63) is 29.8 Å². The highest BCUT2D eigenvalue weighted by molar-refractivity contribution is 5.31. The minimum atomic E-state index is 0.537. The summed E-state index contributed by atoms with van der Waals surface area (Å²) in [6.07, 6.45) is 8.08. The van der Waals surface area contributed by atoms with Gasteiger partial charge in [0.15, 0.2) is 0 Å². The maximum Gasteiger partial charge on any atom is 0.118 e. The lowest BCUT2D eigenvalue weighted by molar-refractivity contribution is 0.165. The molecular weight excluding hydrogens is 258 g/mol. The second-order valence-corrected chi connectivity index (χ2v) is 7.76. The first-order chi connectivity index (χ1) is 10.1. The Kier molecular flexibility index (Phi) is 4.26. The van der Waals surface area contributed by atoms with Crippen LogP contribution in [0.15, 0.2) is 24.3 Å². The molecule has 2 saturated carbocycles. The van der Waals surface area contributed by atoms with E-state index in [2.05, 4.69) is 43.4 Å². The quantitative estimate of drug-likeness (QED) is 0.880. The highest BCUT2D eigenvalue weighted by atomic mass is 16.5. The van der Waals surface area contributed by atoms with Crippen LogP contribution in [0.1, 0.15) is 63.9 Å². The zero-order valence-corrected chi connectivity index (χ0v) is 13.7. The Morgan fingerprint density at radius 2 is 1.81 bits per heavy atom. The third-order valence-corrected chi connectivity index (χ3v) is 5.40. The van der Waals surface area contributed by atoms with E-state index in [1.165, 1.54) is 44.1 Å². The van der Waals surface area contributed by atoms with E-state index in [4.69, 9.17) is 4.74 Å². The molecule has 0 saturated heterocycles. The molecule has 1 aromatic carbocycles. The fourth-order valence-electron chi connectivity index (χ4n) is 4.08. The molecule has 0 aliphatic heterocycles. The van der Waals surface area contributed by atoms with Crippen LogP contribution in [0.5, 0.6) is 5.75 Å². The smallest absolute Gasteiger partial charge is 0.118 e. The maximum atomic E-state index is 5.23. The number of ether oxygens (including phenoxy) is 1. The summed E-state index contributed by atoms with van der Waals surface area (Å²) in [5.41, 5.74) is 2.01. The molecule has 2 nitrogen and oxygen atoms in total. The number of benzene rings is 1. The number of hydrogen-bond donors (Lipinski definition) is 1. The summed E-state index contributed by atoms with van der Waals surface area (Å²) in [6, 6.07) is 10.1. The van der Waals surface area contributed by atoms with Gasteiger partial charge >= 0.3 is 0 Å². The Hall–Kier alpha value is -1.02. The Bertz CT molecular complexity index is 459. The van der Waals surface area contributed by atoms with Gasteiger partial charge in [0.1, 0.15) is 5.75 Å². The first-order valence-corrected chi connectivity index (χ1v) is 8.46. The van der Waals surface area contributed by atoms with Gasteiger partial charge < -0.3 is 10.1 Å². The Labute approximate surface area is 129 Å². The van der Waals surface area contributed by atoms with Gasteiger partial charge in [-0.05, 0) is 61.1 Å². The van der Waals surface area contributed by atoms with Gasteiger partial charge in [0, 0.05) is 12.1 Å². The molecule has 0 spiro atoms. The van der Waals surface area contributed by atoms with Crippen LogP contribution in [0.2, 0.25) is 0 Å². The van der Waals surface area contributed by atoms with E-state index in [0.717, 1.165) is 23.8 Å². The summed E-state index contributed by atoms with van der Waals surface area (Å²) < 4.78 is 5.23. The lowest BCUT2D eigenvalue weighted by Gasteiger charge is -2.42. The van der Waals surface area contributed by atoms with Gasteiger partial charge in [-0.15, -0.1) is 0 Å². The SMILES string of the molecule is COc1ccc(C2CC(NC3CCCC(C)(C)C3)C2)cc1. The van der Waals surface area contributed by atoms with E-state index < -0.39 is 0 Å². The standard InChI is InChI=1S/C19H29NO/c1-19(2)10-4-5-16(13-19)20-17-11-15(12-17)14-6-8-18(21-3)9-7-14/h6-9,15-17,20H,4-5,10-13H2,1-3H3. The van der Waals surface area contributed by atoms with Gasteiger partial charge in [0.2, 0.25) is 0 Å². The average Bonchev–Trinajstić information content (AvgIpc) is 2.42. The van der Waals surface area contributed by atoms with E-state index in [1.807, 2.05) is 0 Å². The molecule has 0 heterocycles. The molecule has 1 unspecified atom stereocenters. The first-order valence-electron chi connectivity index (χ1n) is 8.46. The molecule has 3 rings (SSSR count). The fraction of sp³-hybridized carbons (Fsp3) is 0.684. The molecule has 2 aliphatic carbocycles. The molecule has 0 amide bonds. The Morgan fingerprint density at radius 1 is 1.10 bits per heavy atom. The van der Waals surface area contributed by atoms with E-state index in [9.17, 15) is 0 Å². The van der Waals surface area contributed by atoms with Gasteiger partial charge in [-0.3, -0.25) is 0 Å².